The van der Waals surface area contributed by atoms with E-state index in [0.29, 0.717) is 17.3 Å². The Labute approximate surface area is 160 Å². The topological polar surface area (TPSA) is 46.3 Å². The summed E-state index contributed by atoms with van der Waals surface area (Å²) < 4.78 is 19.4. The second kappa shape index (κ2) is 7.48. The number of hydrogen-bond acceptors (Lipinski definition) is 3. The Balaban J connectivity index is 1.95. The number of carbonyl (C=O) groups excluding carboxylic acids is 1. The van der Waals surface area contributed by atoms with Crippen LogP contribution < -0.4 is 0 Å². The van der Waals surface area contributed by atoms with Gasteiger partial charge >= 0.3 is 0 Å². The Bertz CT molecular complexity index is 934. The van der Waals surface area contributed by atoms with Crippen molar-refractivity contribution >= 4 is 29.1 Å². The van der Waals surface area contributed by atoms with Crippen LogP contribution in [0.3, 0.4) is 0 Å². The molecule has 0 bridgehead atoms. The van der Waals surface area contributed by atoms with Crippen molar-refractivity contribution in [2.24, 2.45) is 0 Å². The Hall–Kier alpha value is -2.37. The van der Waals surface area contributed by atoms with Gasteiger partial charge in [0.1, 0.15) is 22.8 Å². The summed E-state index contributed by atoms with van der Waals surface area (Å²) in [4.78, 5) is 14.4. The Morgan fingerprint density at radius 2 is 1.88 bits per heavy atom. The van der Waals surface area contributed by atoms with E-state index in [1.807, 2.05) is 12.1 Å². The van der Waals surface area contributed by atoms with Gasteiger partial charge in [-0.3, -0.25) is 4.79 Å². The highest BCUT2D eigenvalue weighted by molar-refractivity contribution is 6.33. The standard InChI is InChI=1S/C19H15Cl2FN2O2/c1-11-16(18(23-26-11)17-14(21)4-3-5-15(17)22)19(25)24(2)10-12-6-8-13(20)9-7-12/h3-9H,10H2,1-2H3. The molecule has 2 aromatic carbocycles. The molecule has 26 heavy (non-hydrogen) atoms. The monoisotopic (exact) mass is 392 g/mol. The quantitative estimate of drug-likeness (QED) is 0.599. The fraction of sp³-hybridized carbons (Fsp3) is 0.158. The summed E-state index contributed by atoms with van der Waals surface area (Å²) in [6.07, 6.45) is 0. The minimum absolute atomic E-state index is 0.0502. The van der Waals surface area contributed by atoms with Gasteiger partial charge in [0.05, 0.1) is 10.6 Å². The van der Waals surface area contributed by atoms with E-state index in [1.54, 1.807) is 26.1 Å². The van der Waals surface area contributed by atoms with Crippen LogP contribution in [0.2, 0.25) is 10.0 Å². The fourth-order valence-corrected chi connectivity index (χ4v) is 3.02. The molecule has 0 fully saturated rings. The first-order chi connectivity index (χ1) is 12.4. The molecule has 134 valence electrons. The second-order valence-electron chi connectivity index (χ2n) is 5.85. The normalized spacial score (nSPS) is 10.8. The van der Waals surface area contributed by atoms with Crippen LogP contribution in [-0.4, -0.2) is 23.0 Å². The van der Waals surface area contributed by atoms with Crippen molar-refractivity contribution in [3.8, 4) is 11.3 Å². The molecular formula is C19H15Cl2FN2O2. The summed E-state index contributed by atoms with van der Waals surface area (Å²) in [5.74, 6) is -0.611. The summed E-state index contributed by atoms with van der Waals surface area (Å²) >= 11 is 12.0. The maximum Gasteiger partial charge on any atom is 0.259 e. The van der Waals surface area contributed by atoms with Gasteiger partial charge in [-0.25, -0.2) is 4.39 Å². The molecule has 0 radical (unpaired) electrons. The molecule has 1 amide bonds. The third-order valence-corrected chi connectivity index (χ3v) is 4.52. The van der Waals surface area contributed by atoms with E-state index in [-0.39, 0.29) is 27.8 Å². The lowest BCUT2D eigenvalue weighted by Crippen LogP contribution is -2.27. The van der Waals surface area contributed by atoms with Crippen LogP contribution in [0.15, 0.2) is 47.0 Å². The lowest BCUT2D eigenvalue weighted by atomic mass is 10.0. The number of aromatic nitrogens is 1. The predicted octanol–water partition coefficient (Wildman–Crippen LogP) is 5.37. The number of amides is 1. The van der Waals surface area contributed by atoms with E-state index in [2.05, 4.69) is 5.16 Å². The molecule has 3 aromatic rings. The van der Waals surface area contributed by atoms with Crippen LogP contribution in [0, 0.1) is 12.7 Å². The van der Waals surface area contributed by atoms with E-state index in [1.165, 1.54) is 23.1 Å². The maximum atomic E-state index is 14.3. The molecule has 0 saturated carbocycles. The molecule has 0 aliphatic rings. The Morgan fingerprint density at radius 3 is 2.54 bits per heavy atom. The molecule has 0 spiro atoms. The SMILES string of the molecule is Cc1onc(-c2c(F)cccc2Cl)c1C(=O)N(C)Cc1ccc(Cl)cc1. The van der Waals surface area contributed by atoms with Crippen LogP contribution >= 0.6 is 23.2 Å². The zero-order valence-electron chi connectivity index (χ0n) is 14.1. The van der Waals surface area contributed by atoms with E-state index >= 15 is 0 Å². The van der Waals surface area contributed by atoms with Crippen LogP contribution in [0.1, 0.15) is 21.7 Å². The van der Waals surface area contributed by atoms with E-state index < -0.39 is 5.82 Å². The predicted molar refractivity (Wildman–Crippen MR) is 98.9 cm³/mol. The van der Waals surface area contributed by atoms with Crippen molar-refractivity contribution in [3.63, 3.8) is 0 Å². The number of nitrogens with zero attached hydrogens (tertiary/aromatic N) is 2. The summed E-state index contributed by atoms with van der Waals surface area (Å²) in [6.45, 7) is 1.96. The van der Waals surface area contributed by atoms with Gasteiger partial charge in [-0.05, 0) is 36.8 Å². The molecule has 0 atom stereocenters. The molecule has 1 aromatic heterocycles. The molecule has 0 unspecified atom stereocenters. The number of carbonyl (C=O) groups is 1. The molecule has 0 saturated heterocycles. The van der Waals surface area contributed by atoms with E-state index in [0.717, 1.165) is 5.56 Å². The first kappa shape index (κ1) is 18.4. The van der Waals surface area contributed by atoms with Gasteiger partial charge in [0.15, 0.2) is 0 Å². The zero-order valence-corrected chi connectivity index (χ0v) is 15.6. The summed E-state index contributed by atoms with van der Waals surface area (Å²) in [7, 11) is 1.65. The largest absolute Gasteiger partial charge is 0.360 e. The van der Waals surface area contributed by atoms with E-state index in [9.17, 15) is 9.18 Å². The molecular weight excluding hydrogens is 378 g/mol. The molecule has 0 aliphatic heterocycles. The van der Waals surface area contributed by atoms with Crippen molar-refractivity contribution in [2.45, 2.75) is 13.5 Å². The molecule has 3 rings (SSSR count). The maximum absolute atomic E-state index is 14.3. The first-order valence-electron chi connectivity index (χ1n) is 7.79. The summed E-state index contributed by atoms with van der Waals surface area (Å²) in [6, 6.07) is 11.5. The number of hydrogen-bond donors (Lipinski definition) is 0. The van der Waals surface area contributed by atoms with Gasteiger partial charge in [0.2, 0.25) is 0 Å². The third-order valence-electron chi connectivity index (χ3n) is 3.96. The Morgan fingerprint density at radius 1 is 1.19 bits per heavy atom. The van der Waals surface area contributed by atoms with Crippen molar-refractivity contribution in [1.29, 1.82) is 0 Å². The molecule has 7 heteroatoms. The van der Waals surface area contributed by atoms with Crippen molar-refractivity contribution in [3.05, 3.63) is 75.2 Å². The van der Waals surface area contributed by atoms with Crippen molar-refractivity contribution in [1.82, 2.24) is 10.1 Å². The number of rotatable bonds is 4. The van der Waals surface area contributed by atoms with Gasteiger partial charge in [0.25, 0.3) is 5.91 Å². The fourth-order valence-electron chi connectivity index (χ4n) is 2.65. The smallest absolute Gasteiger partial charge is 0.259 e. The highest BCUT2D eigenvalue weighted by Gasteiger charge is 2.27. The molecule has 4 nitrogen and oxygen atoms in total. The lowest BCUT2D eigenvalue weighted by Gasteiger charge is -2.17. The highest BCUT2D eigenvalue weighted by Crippen LogP contribution is 2.34. The van der Waals surface area contributed by atoms with Gasteiger partial charge in [0, 0.05) is 18.6 Å². The van der Waals surface area contributed by atoms with Crippen molar-refractivity contribution < 1.29 is 13.7 Å². The zero-order chi connectivity index (χ0) is 18.8. The third kappa shape index (κ3) is 3.59. The lowest BCUT2D eigenvalue weighted by molar-refractivity contribution is 0.0784. The second-order valence-corrected chi connectivity index (χ2v) is 6.69. The number of halogens is 3. The molecule has 0 N–H and O–H groups in total. The highest BCUT2D eigenvalue weighted by atomic mass is 35.5. The summed E-state index contributed by atoms with van der Waals surface area (Å²) in [5.41, 5.74) is 1.24. The average molecular weight is 393 g/mol. The minimum atomic E-state index is -0.569. The average Bonchev–Trinajstić information content (AvgIpc) is 2.97. The molecule has 1 heterocycles. The number of benzene rings is 2. The van der Waals surface area contributed by atoms with Crippen LogP contribution in [0.5, 0.6) is 0 Å². The van der Waals surface area contributed by atoms with Crippen LogP contribution in [0.4, 0.5) is 4.39 Å². The van der Waals surface area contributed by atoms with Crippen molar-refractivity contribution in [2.75, 3.05) is 7.05 Å². The molecule has 0 aliphatic carbocycles. The van der Waals surface area contributed by atoms with Gasteiger partial charge < -0.3 is 9.42 Å². The van der Waals surface area contributed by atoms with Crippen LogP contribution in [-0.2, 0) is 6.54 Å². The van der Waals surface area contributed by atoms with E-state index in [4.69, 9.17) is 27.7 Å². The number of aryl methyl sites for hydroxylation is 1. The minimum Gasteiger partial charge on any atom is -0.360 e. The first-order valence-corrected chi connectivity index (χ1v) is 8.54. The Kier molecular flexibility index (Phi) is 5.30. The summed E-state index contributed by atoms with van der Waals surface area (Å²) in [5, 5.41) is 4.64. The van der Waals surface area contributed by atoms with Gasteiger partial charge in [-0.15, -0.1) is 0 Å². The van der Waals surface area contributed by atoms with Gasteiger partial charge in [-0.2, -0.15) is 0 Å². The van der Waals surface area contributed by atoms with Gasteiger partial charge in [-0.1, -0.05) is 46.6 Å². The van der Waals surface area contributed by atoms with Crippen LogP contribution in [0.25, 0.3) is 11.3 Å².